The number of hydrogen-bond acceptors (Lipinski definition) is 4. The Kier molecular flexibility index (Phi) is 5.19. The maximum absolute atomic E-state index is 5.94. The van der Waals surface area contributed by atoms with Gasteiger partial charge in [0, 0.05) is 25.7 Å². The summed E-state index contributed by atoms with van der Waals surface area (Å²) in [6.07, 6.45) is 2.69. The molecule has 2 atom stereocenters. The van der Waals surface area contributed by atoms with E-state index < -0.39 is 0 Å². The van der Waals surface area contributed by atoms with E-state index in [0.29, 0.717) is 12.6 Å². The molecule has 0 bridgehead atoms. The summed E-state index contributed by atoms with van der Waals surface area (Å²) in [6.45, 7) is 2.44. The lowest BCUT2D eigenvalue weighted by Crippen LogP contribution is -2.36. The molecule has 2 rings (SSSR count). The molecule has 0 amide bonds. The summed E-state index contributed by atoms with van der Waals surface area (Å²) in [5.41, 5.74) is 7.16. The van der Waals surface area contributed by atoms with Gasteiger partial charge in [-0.2, -0.15) is 0 Å². The Balaban J connectivity index is 2.00. The SMILES string of the molecule is COc1ccc(C(CN)N(C)CC2CCCO2)cc1. The molecule has 106 valence electrons. The second-order valence-electron chi connectivity index (χ2n) is 5.10. The average Bonchev–Trinajstić information content (AvgIpc) is 2.93. The standard InChI is InChI=1S/C15H24N2O2/c1-17(11-14-4-3-9-19-14)15(10-16)12-5-7-13(18-2)8-6-12/h5-8,14-15H,3-4,9-11,16H2,1-2H3. The Morgan fingerprint density at radius 2 is 2.16 bits per heavy atom. The third kappa shape index (κ3) is 3.69. The zero-order chi connectivity index (χ0) is 13.7. The summed E-state index contributed by atoms with van der Waals surface area (Å²) in [5.74, 6) is 0.876. The normalized spacial score (nSPS) is 20.7. The number of benzene rings is 1. The number of likely N-dealkylation sites (N-methyl/N-ethyl adjacent to an activating group) is 1. The van der Waals surface area contributed by atoms with E-state index in [2.05, 4.69) is 24.1 Å². The molecule has 4 nitrogen and oxygen atoms in total. The van der Waals surface area contributed by atoms with Crippen LogP contribution in [0.25, 0.3) is 0 Å². The third-order valence-corrected chi connectivity index (χ3v) is 3.77. The maximum Gasteiger partial charge on any atom is 0.118 e. The van der Waals surface area contributed by atoms with Crippen molar-refractivity contribution < 1.29 is 9.47 Å². The fraction of sp³-hybridized carbons (Fsp3) is 0.600. The topological polar surface area (TPSA) is 47.7 Å². The number of ether oxygens (including phenoxy) is 2. The first-order chi connectivity index (χ1) is 9.24. The van der Waals surface area contributed by atoms with Crippen molar-refractivity contribution in [3.05, 3.63) is 29.8 Å². The first-order valence-corrected chi connectivity index (χ1v) is 6.90. The van der Waals surface area contributed by atoms with Crippen LogP contribution in [-0.2, 0) is 4.74 Å². The van der Waals surface area contributed by atoms with E-state index in [1.54, 1.807) is 7.11 Å². The summed E-state index contributed by atoms with van der Waals surface area (Å²) >= 11 is 0. The predicted octanol–water partition coefficient (Wildman–Crippen LogP) is 1.81. The molecule has 0 saturated carbocycles. The molecule has 1 aromatic rings. The summed E-state index contributed by atoms with van der Waals surface area (Å²) in [7, 11) is 3.79. The highest BCUT2D eigenvalue weighted by molar-refractivity contribution is 5.29. The Morgan fingerprint density at radius 1 is 1.42 bits per heavy atom. The monoisotopic (exact) mass is 264 g/mol. The van der Waals surface area contributed by atoms with Crippen molar-refractivity contribution in [1.82, 2.24) is 4.90 Å². The van der Waals surface area contributed by atoms with E-state index in [1.807, 2.05) is 12.1 Å². The molecule has 1 saturated heterocycles. The molecule has 1 aliphatic heterocycles. The highest BCUT2D eigenvalue weighted by atomic mass is 16.5. The summed E-state index contributed by atoms with van der Waals surface area (Å²) in [5, 5.41) is 0. The molecular weight excluding hydrogens is 240 g/mol. The zero-order valence-corrected chi connectivity index (χ0v) is 11.8. The lowest BCUT2D eigenvalue weighted by molar-refractivity contribution is 0.0689. The lowest BCUT2D eigenvalue weighted by Gasteiger charge is -2.29. The molecular formula is C15H24N2O2. The van der Waals surface area contributed by atoms with Crippen molar-refractivity contribution in [2.45, 2.75) is 25.0 Å². The van der Waals surface area contributed by atoms with Crippen molar-refractivity contribution >= 4 is 0 Å². The number of rotatable bonds is 6. The summed E-state index contributed by atoms with van der Waals surface area (Å²) < 4.78 is 10.9. The minimum absolute atomic E-state index is 0.232. The highest BCUT2D eigenvalue weighted by Gasteiger charge is 2.22. The van der Waals surface area contributed by atoms with E-state index >= 15 is 0 Å². The van der Waals surface area contributed by atoms with E-state index in [4.69, 9.17) is 15.2 Å². The van der Waals surface area contributed by atoms with E-state index in [0.717, 1.165) is 25.3 Å². The van der Waals surface area contributed by atoms with Crippen LogP contribution in [0.1, 0.15) is 24.4 Å². The van der Waals surface area contributed by atoms with Crippen molar-refractivity contribution in [3.8, 4) is 5.75 Å². The van der Waals surface area contributed by atoms with Gasteiger partial charge in [-0.05, 0) is 37.6 Å². The van der Waals surface area contributed by atoms with Gasteiger partial charge in [0.2, 0.25) is 0 Å². The molecule has 0 aliphatic carbocycles. The second kappa shape index (κ2) is 6.89. The molecule has 0 aromatic heterocycles. The fourth-order valence-corrected chi connectivity index (χ4v) is 2.63. The van der Waals surface area contributed by atoms with Crippen LogP contribution in [-0.4, -0.2) is 44.9 Å². The van der Waals surface area contributed by atoms with Gasteiger partial charge in [0.15, 0.2) is 0 Å². The second-order valence-corrected chi connectivity index (χ2v) is 5.10. The Bertz CT molecular complexity index is 374. The largest absolute Gasteiger partial charge is 0.497 e. The van der Waals surface area contributed by atoms with Crippen molar-refractivity contribution in [2.24, 2.45) is 5.73 Å². The molecule has 2 N–H and O–H groups in total. The molecule has 0 radical (unpaired) electrons. The Hall–Kier alpha value is -1.10. The molecule has 19 heavy (non-hydrogen) atoms. The van der Waals surface area contributed by atoms with Gasteiger partial charge in [0.25, 0.3) is 0 Å². The lowest BCUT2D eigenvalue weighted by atomic mass is 10.0. The van der Waals surface area contributed by atoms with Gasteiger partial charge in [-0.25, -0.2) is 0 Å². The quantitative estimate of drug-likeness (QED) is 0.851. The van der Waals surface area contributed by atoms with Crippen LogP contribution in [0, 0.1) is 0 Å². The van der Waals surface area contributed by atoms with Crippen LogP contribution in [0.3, 0.4) is 0 Å². The summed E-state index contributed by atoms with van der Waals surface area (Å²) in [4.78, 5) is 2.29. The summed E-state index contributed by atoms with van der Waals surface area (Å²) in [6, 6.07) is 8.37. The van der Waals surface area contributed by atoms with Crippen molar-refractivity contribution in [3.63, 3.8) is 0 Å². The highest BCUT2D eigenvalue weighted by Crippen LogP contribution is 2.23. The number of nitrogens with two attached hydrogens (primary N) is 1. The van der Waals surface area contributed by atoms with E-state index in [-0.39, 0.29) is 6.04 Å². The van der Waals surface area contributed by atoms with E-state index in [1.165, 1.54) is 12.0 Å². The van der Waals surface area contributed by atoms with E-state index in [9.17, 15) is 0 Å². The van der Waals surface area contributed by atoms with Crippen LogP contribution in [0.4, 0.5) is 0 Å². The number of hydrogen-bond donors (Lipinski definition) is 1. The zero-order valence-electron chi connectivity index (χ0n) is 11.8. The van der Waals surface area contributed by atoms with Crippen LogP contribution >= 0.6 is 0 Å². The van der Waals surface area contributed by atoms with Gasteiger partial charge in [-0.1, -0.05) is 12.1 Å². The van der Waals surface area contributed by atoms with Crippen LogP contribution in [0.2, 0.25) is 0 Å². The van der Waals surface area contributed by atoms with Gasteiger partial charge >= 0.3 is 0 Å². The van der Waals surface area contributed by atoms with Gasteiger partial charge < -0.3 is 15.2 Å². The molecule has 4 heteroatoms. The smallest absolute Gasteiger partial charge is 0.118 e. The predicted molar refractivity (Wildman–Crippen MR) is 76.4 cm³/mol. The Labute approximate surface area is 115 Å². The maximum atomic E-state index is 5.94. The molecule has 1 aliphatic rings. The first kappa shape index (κ1) is 14.3. The van der Waals surface area contributed by atoms with Crippen molar-refractivity contribution in [1.29, 1.82) is 0 Å². The molecule has 1 aromatic carbocycles. The molecule has 1 fully saturated rings. The van der Waals surface area contributed by atoms with Crippen molar-refractivity contribution in [2.75, 3.05) is 33.9 Å². The fourth-order valence-electron chi connectivity index (χ4n) is 2.63. The molecule has 1 heterocycles. The van der Waals surface area contributed by atoms with Gasteiger partial charge in [-0.15, -0.1) is 0 Å². The van der Waals surface area contributed by atoms with Gasteiger partial charge in [0.05, 0.1) is 13.2 Å². The minimum Gasteiger partial charge on any atom is -0.497 e. The van der Waals surface area contributed by atoms with Crippen LogP contribution in [0.5, 0.6) is 5.75 Å². The number of methoxy groups -OCH3 is 1. The van der Waals surface area contributed by atoms with Gasteiger partial charge in [-0.3, -0.25) is 4.90 Å². The average molecular weight is 264 g/mol. The minimum atomic E-state index is 0.232. The van der Waals surface area contributed by atoms with Gasteiger partial charge in [0.1, 0.15) is 5.75 Å². The third-order valence-electron chi connectivity index (χ3n) is 3.77. The molecule has 0 spiro atoms. The van der Waals surface area contributed by atoms with Crippen LogP contribution in [0.15, 0.2) is 24.3 Å². The number of nitrogens with zero attached hydrogens (tertiary/aromatic N) is 1. The molecule has 2 unspecified atom stereocenters. The van der Waals surface area contributed by atoms with Crippen LogP contribution < -0.4 is 10.5 Å². The first-order valence-electron chi connectivity index (χ1n) is 6.90. The Morgan fingerprint density at radius 3 is 2.68 bits per heavy atom.